The van der Waals surface area contributed by atoms with Crippen molar-refractivity contribution in [1.82, 2.24) is 9.97 Å². The van der Waals surface area contributed by atoms with E-state index in [2.05, 4.69) is 25.6 Å². The van der Waals surface area contributed by atoms with E-state index in [0.29, 0.717) is 11.3 Å². The first-order valence-electron chi connectivity index (χ1n) is 11.2. The third kappa shape index (κ3) is 5.79. The van der Waals surface area contributed by atoms with Crippen LogP contribution in [0.2, 0.25) is 0 Å². The molecule has 0 saturated heterocycles. The maximum atomic E-state index is 12.8. The van der Waals surface area contributed by atoms with Gasteiger partial charge in [-0.15, -0.1) is 0 Å². The smallest absolute Gasteiger partial charge is 0.370 e. The van der Waals surface area contributed by atoms with E-state index in [-0.39, 0.29) is 29.6 Å². The Kier molecular flexibility index (Phi) is 6.77. The highest BCUT2D eigenvalue weighted by Gasteiger charge is 2.30. The van der Waals surface area contributed by atoms with Gasteiger partial charge in [0, 0.05) is 10.9 Å². The summed E-state index contributed by atoms with van der Waals surface area (Å²) in [5.41, 5.74) is 12.1. The number of aliphatic imine (C=N–C) groups is 1. The van der Waals surface area contributed by atoms with Crippen LogP contribution in [0, 0.1) is 6.92 Å². The van der Waals surface area contributed by atoms with Gasteiger partial charge in [0.25, 0.3) is 5.91 Å². The van der Waals surface area contributed by atoms with Gasteiger partial charge >= 0.3 is 6.18 Å². The van der Waals surface area contributed by atoms with Gasteiger partial charge in [-0.3, -0.25) is 10.1 Å². The zero-order chi connectivity index (χ0) is 25.2. The largest absolute Gasteiger partial charge is 0.416 e. The standard InChI is InChI=1S/C24H26F3N7O/c1-13-6-11-17-16(12-13)20(30-18-4-2-3-5-19(18)31-22(28)29)33-23(32-17)34-21(35)14-7-9-15(10-8-14)24(25,26)27/h6-12,18-19H,2-5H2,1H3,(H4,28,29,31)(H2,30,32,33,34,35). The molecule has 2 unspecified atom stereocenters. The number of nitrogens with two attached hydrogens (primary N) is 2. The van der Waals surface area contributed by atoms with Crippen LogP contribution in [0.1, 0.15) is 47.2 Å². The Bertz CT molecular complexity index is 1250. The van der Waals surface area contributed by atoms with Crippen LogP contribution in [-0.2, 0) is 6.18 Å². The number of anilines is 2. The molecule has 1 aromatic heterocycles. The van der Waals surface area contributed by atoms with Crippen molar-refractivity contribution in [1.29, 1.82) is 0 Å². The highest BCUT2D eigenvalue weighted by molar-refractivity contribution is 6.04. The van der Waals surface area contributed by atoms with E-state index >= 15 is 0 Å². The first-order valence-corrected chi connectivity index (χ1v) is 11.2. The predicted molar refractivity (Wildman–Crippen MR) is 129 cm³/mol. The van der Waals surface area contributed by atoms with Crippen molar-refractivity contribution in [2.75, 3.05) is 10.6 Å². The van der Waals surface area contributed by atoms with E-state index in [1.807, 2.05) is 25.1 Å². The summed E-state index contributed by atoms with van der Waals surface area (Å²) in [6.45, 7) is 1.95. The van der Waals surface area contributed by atoms with Crippen LogP contribution in [0.15, 0.2) is 47.5 Å². The summed E-state index contributed by atoms with van der Waals surface area (Å²) in [6, 6.07) is 9.42. The Labute approximate surface area is 200 Å². The Morgan fingerprint density at radius 1 is 1.06 bits per heavy atom. The van der Waals surface area contributed by atoms with Crippen molar-refractivity contribution in [2.45, 2.75) is 50.9 Å². The van der Waals surface area contributed by atoms with E-state index < -0.39 is 17.6 Å². The number of alkyl halides is 3. The quantitative estimate of drug-likeness (QED) is 0.316. The molecule has 0 bridgehead atoms. The van der Waals surface area contributed by atoms with Crippen molar-refractivity contribution in [3.8, 4) is 0 Å². The molecule has 3 aromatic rings. The topological polar surface area (TPSA) is 131 Å². The summed E-state index contributed by atoms with van der Waals surface area (Å²) in [5, 5.41) is 6.80. The lowest BCUT2D eigenvalue weighted by Gasteiger charge is -2.30. The lowest BCUT2D eigenvalue weighted by Crippen LogP contribution is -2.38. The minimum Gasteiger partial charge on any atom is -0.370 e. The lowest BCUT2D eigenvalue weighted by atomic mass is 9.90. The summed E-state index contributed by atoms with van der Waals surface area (Å²) in [6.07, 6.45) is -0.794. The van der Waals surface area contributed by atoms with Crippen LogP contribution in [0.4, 0.5) is 24.9 Å². The van der Waals surface area contributed by atoms with Crippen LogP contribution in [0.25, 0.3) is 10.9 Å². The molecule has 0 radical (unpaired) electrons. The fraction of sp³-hybridized carbons (Fsp3) is 0.333. The summed E-state index contributed by atoms with van der Waals surface area (Å²) < 4.78 is 38.5. The number of amides is 1. The Morgan fingerprint density at radius 3 is 2.46 bits per heavy atom. The minimum atomic E-state index is -4.48. The van der Waals surface area contributed by atoms with Crippen molar-refractivity contribution in [3.05, 3.63) is 59.2 Å². The van der Waals surface area contributed by atoms with Gasteiger partial charge in [-0.2, -0.15) is 18.2 Å². The monoisotopic (exact) mass is 485 g/mol. The summed E-state index contributed by atoms with van der Waals surface area (Å²) >= 11 is 0. The molecule has 2 aromatic carbocycles. The molecule has 35 heavy (non-hydrogen) atoms. The van der Waals surface area contributed by atoms with Crippen molar-refractivity contribution < 1.29 is 18.0 Å². The maximum Gasteiger partial charge on any atom is 0.416 e. The van der Waals surface area contributed by atoms with Crippen LogP contribution in [0.3, 0.4) is 0 Å². The van der Waals surface area contributed by atoms with E-state index in [0.717, 1.165) is 60.9 Å². The number of aryl methyl sites for hydroxylation is 1. The third-order valence-corrected chi connectivity index (χ3v) is 5.92. The molecule has 0 spiro atoms. The molecule has 6 N–H and O–H groups in total. The lowest BCUT2D eigenvalue weighted by molar-refractivity contribution is -0.137. The number of carbonyl (C=O) groups is 1. The van der Waals surface area contributed by atoms with Gasteiger partial charge in [0.05, 0.1) is 23.2 Å². The molecule has 4 rings (SSSR count). The number of nitrogens with zero attached hydrogens (tertiary/aromatic N) is 3. The number of benzene rings is 2. The molecule has 8 nitrogen and oxygen atoms in total. The molecule has 0 aliphatic heterocycles. The molecular weight excluding hydrogens is 459 g/mol. The molecule has 11 heteroatoms. The van der Waals surface area contributed by atoms with Gasteiger partial charge in [-0.25, -0.2) is 9.98 Å². The molecular formula is C24H26F3N7O. The average molecular weight is 486 g/mol. The van der Waals surface area contributed by atoms with Crippen molar-refractivity contribution in [2.24, 2.45) is 16.5 Å². The second kappa shape index (κ2) is 9.77. The van der Waals surface area contributed by atoms with Gasteiger partial charge in [0.15, 0.2) is 5.96 Å². The molecule has 1 heterocycles. The van der Waals surface area contributed by atoms with Crippen LogP contribution < -0.4 is 22.1 Å². The first-order chi connectivity index (χ1) is 16.6. The second-order valence-electron chi connectivity index (χ2n) is 8.60. The number of fused-ring (bicyclic) bond motifs is 1. The molecule has 2 atom stereocenters. The molecule has 1 saturated carbocycles. The maximum absolute atomic E-state index is 12.8. The molecule has 1 aliphatic rings. The fourth-order valence-electron chi connectivity index (χ4n) is 4.19. The normalized spacial score (nSPS) is 18.2. The van der Waals surface area contributed by atoms with E-state index in [4.69, 9.17) is 11.5 Å². The Morgan fingerprint density at radius 2 is 1.77 bits per heavy atom. The number of aromatic nitrogens is 2. The third-order valence-electron chi connectivity index (χ3n) is 5.92. The molecule has 1 aliphatic carbocycles. The zero-order valence-corrected chi connectivity index (χ0v) is 19.1. The van der Waals surface area contributed by atoms with Gasteiger partial charge < -0.3 is 16.8 Å². The summed E-state index contributed by atoms with van der Waals surface area (Å²) in [5.74, 6) is -0.0455. The number of rotatable bonds is 5. The highest BCUT2D eigenvalue weighted by Crippen LogP contribution is 2.30. The number of guanidine groups is 1. The van der Waals surface area contributed by atoms with Crippen molar-refractivity contribution in [3.63, 3.8) is 0 Å². The Balaban J connectivity index is 1.64. The molecule has 1 amide bonds. The predicted octanol–water partition coefficient (Wildman–Crippen LogP) is 4.21. The number of halogens is 3. The van der Waals surface area contributed by atoms with Gasteiger partial charge in [-0.1, -0.05) is 24.5 Å². The molecule has 184 valence electrons. The number of hydrogen-bond acceptors (Lipinski definition) is 5. The van der Waals surface area contributed by atoms with Crippen molar-refractivity contribution >= 4 is 34.5 Å². The summed E-state index contributed by atoms with van der Waals surface area (Å²) in [7, 11) is 0. The van der Waals surface area contributed by atoms with E-state index in [1.165, 1.54) is 0 Å². The Hall–Kier alpha value is -3.89. The van der Waals surface area contributed by atoms with Crippen LogP contribution in [0.5, 0.6) is 0 Å². The number of nitrogens with one attached hydrogen (secondary N) is 2. The van der Waals surface area contributed by atoms with Crippen LogP contribution >= 0.6 is 0 Å². The minimum absolute atomic E-state index is 0.0246. The first kappa shape index (κ1) is 24.2. The van der Waals surface area contributed by atoms with Crippen LogP contribution in [-0.4, -0.2) is 33.9 Å². The van der Waals surface area contributed by atoms with E-state index in [9.17, 15) is 18.0 Å². The van der Waals surface area contributed by atoms with Gasteiger partial charge in [0.2, 0.25) is 5.95 Å². The fourth-order valence-corrected chi connectivity index (χ4v) is 4.19. The number of hydrogen-bond donors (Lipinski definition) is 4. The number of carbonyl (C=O) groups excluding carboxylic acids is 1. The highest BCUT2D eigenvalue weighted by atomic mass is 19.4. The van der Waals surface area contributed by atoms with Gasteiger partial charge in [0.1, 0.15) is 5.82 Å². The zero-order valence-electron chi connectivity index (χ0n) is 19.1. The van der Waals surface area contributed by atoms with Gasteiger partial charge in [-0.05, 0) is 56.2 Å². The SMILES string of the molecule is Cc1ccc2nc(NC(=O)c3ccc(C(F)(F)F)cc3)nc(NC3CCCCC3N=C(N)N)c2c1. The van der Waals surface area contributed by atoms with E-state index in [1.54, 1.807) is 0 Å². The molecule has 1 fully saturated rings. The second-order valence-corrected chi connectivity index (χ2v) is 8.60. The average Bonchev–Trinajstić information content (AvgIpc) is 2.80. The summed E-state index contributed by atoms with van der Waals surface area (Å²) in [4.78, 5) is 26.0.